The fourth-order valence-corrected chi connectivity index (χ4v) is 2.80. The van der Waals surface area contributed by atoms with Gasteiger partial charge in [-0.3, -0.25) is 4.79 Å². The Hall–Kier alpha value is -1.89. The molecule has 0 radical (unpaired) electrons. The predicted molar refractivity (Wildman–Crippen MR) is 72.7 cm³/mol. The zero-order chi connectivity index (χ0) is 12.4. The fourth-order valence-electron chi connectivity index (χ4n) is 2.80. The maximum atomic E-state index is 12.7. The van der Waals surface area contributed by atoms with Gasteiger partial charge in [0, 0.05) is 5.56 Å². The molecule has 18 heavy (non-hydrogen) atoms. The van der Waals surface area contributed by atoms with Gasteiger partial charge in [0.1, 0.15) is 0 Å². The molecule has 0 unspecified atom stereocenters. The lowest BCUT2D eigenvalue weighted by Gasteiger charge is -2.41. The molecule has 0 bridgehead atoms. The molecule has 0 aromatic heterocycles. The summed E-state index contributed by atoms with van der Waals surface area (Å²) in [6.45, 7) is 0. The van der Waals surface area contributed by atoms with E-state index < -0.39 is 0 Å². The quantitative estimate of drug-likeness (QED) is 0.736. The van der Waals surface area contributed by atoms with Crippen LogP contribution in [0.4, 0.5) is 0 Å². The Labute approximate surface area is 107 Å². The molecule has 0 spiro atoms. The van der Waals surface area contributed by atoms with Crippen molar-refractivity contribution in [3.8, 4) is 0 Å². The molecule has 1 aliphatic carbocycles. The van der Waals surface area contributed by atoms with Crippen molar-refractivity contribution >= 4 is 5.78 Å². The largest absolute Gasteiger partial charge is 0.293 e. The maximum Gasteiger partial charge on any atom is 0.173 e. The van der Waals surface area contributed by atoms with Gasteiger partial charge in [0.15, 0.2) is 5.78 Å². The lowest BCUT2D eigenvalue weighted by molar-refractivity contribution is 0.0789. The van der Waals surface area contributed by atoms with Gasteiger partial charge < -0.3 is 0 Å². The molecule has 1 aliphatic rings. The minimum Gasteiger partial charge on any atom is -0.293 e. The topological polar surface area (TPSA) is 17.1 Å². The van der Waals surface area contributed by atoms with Crippen molar-refractivity contribution in [2.24, 2.45) is 0 Å². The maximum absolute atomic E-state index is 12.7. The summed E-state index contributed by atoms with van der Waals surface area (Å²) in [7, 11) is 0. The van der Waals surface area contributed by atoms with E-state index in [2.05, 4.69) is 12.1 Å². The highest BCUT2D eigenvalue weighted by Crippen LogP contribution is 2.45. The third-order valence-electron chi connectivity index (χ3n) is 4.00. The second kappa shape index (κ2) is 4.41. The van der Waals surface area contributed by atoms with E-state index in [-0.39, 0.29) is 11.2 Å². The number of ketones is 1. The van der Waals surface area contributed by atoms with Crippen molar-refractivity contribution in [2.75, 3.05) is 0 Å². The molecular formula is C17H16O. The number of Topliss-reactive ketones (excluding diaryl/α,β-unsaturated/α-hetero) is 1. The zero-order valence-electron chi connectivity index (χ0n) is 10.3. The number of hydrogen-bond acceptors (Lipinski definition) is 1. The summed E-state index contributed by atoms with van der Waals surface area (Å²) in [6, 6.07) is 19.9. The molecule has 1 saturated carbocycles. The van der Waals surface area contributed by atoms with E-state index in [0.29, 0.717) is 0 Å². The number of carbonyl (C=O) groups is 1. The summed E-state index contributed by atoms with van der Waals surface area (Å²) < 4.78 is 0. The molecule has 0 amide bonds. The van der Waals surface area contributed by atoms with Crippen LogP contribution in [-0.2, 0) is 5.41 Å². The van der Waals surface area contributed by atoms with Crippen molar-refractivity contribution in [1.29, 1.82) is 0 Å². The Morgan fingerprint density at radius 1 is 0.833 bits per heavy atom. The number of hydrogen-bond donors (Lipinski definition) is 0. The number of carbonyl (C=O) groups excluding carboxylic acids is 1. The second-order valence-corrected chi connectivity index (χ2v) is 5.00. The van der Waals surface area contributed by atoms with Gasteiger partial charge in [-0.05, 0) is 18.4 Å². The van der Waals surface area contributed by atoms with E-state index in [1.165, 1.54) is 5.56 Å². The molecule has 90 valence electrons. The first-order valence-electron chi connectivity index (χ1n) is 6.48. The van der Waals surface area contributed by atoms with Crippen LogP contribution in [0.1, 0.15) is 35.2 Å². The summed E-state index contributed by atoms with van der Waals surface area (Å²) in [5.41, 5.74) is 1.74. The van der Waals surface area contributed by atoms with E-state index in [1.807, 2.05) is 48.5 Å². The van der Waals surface area contributed by atoms with Gasteiger partial charge in [0.25, 0.3) is 0 Å². The van der Waals surface area contributed by atoms with E-state index >= 15 is 0 Å². The second-order valence-electron chi connectivity index (χ2n) is 5.00. The molecule has 3 rings (SSSR count). The van der Waals surface area contributed by atoms with E-state index in [4.69, 9.17) is 0 Å². The Morgan fingerprint density at radius 3 is 1.89 bits per heavy atom. The van der Waals surface area contributed by atoms with Gasteiger partial charge in [0.2, 0.25) is 0 Å². The van der Waals surface area contributed by atoms with Crippen molar-refractivity contribution in [3.05, 3.63) is 71.8 Å². The van der Waals surface area contributed by atoms with Crippen LogP contribution in [0.15, 0.2) is 60.7 Å². The minimum absolute atomic E-state index is 0.261. The summed E-state index contributed by atoms with van der Waals surface area (Å²) in [5.74, 6) is 0.278. The standard InChI is InChI=1S/C17H16O/c18-16(14-8-3-1-4-9-14)17(12-7-13-17)15-10-5-2-6-11-15/h1-6,8-11H,7,12-13H2. The van der Waals surface area contributed by atoms with Gasteiger partial charge in [-0.25, -0.2) is 0 Å². The van der Waals surface area contributed by atoms with Crippen LogP contribution in [0, 0.1) is 0 Å². The van der Waals surface area contributed by atoms with Gasteiger partial charge >= 0.3 is 0 Å². The summed E-state index contributed by atoms with van der Waals surface area (Å²) >= 11 is 0. The Morgan fingerprint density at radius 2 is 1.39 bits per heavy atom. The van der Waals surface area contributed by atoms with Gasteiger partial charge in [-0.2, -0.15) is 0 Å². The van der Waals surface area contributed by atoms with Gasteiger partial charge in [-0.15, -0.1) is 0 Å². The van der Waals surface area contributed by atoms with Crippen LogP contribution >= 0.6 is 0 Å². The molecular weight excluding hydrogens is 220 g/mol. The van der Waals surface area contributed by atoms with E-state index in [9.17, 15) is 4.79 Å². The molecule has 0 saturated heterocycles. The van der Waals surface area contributed by atoms with Crippen LogP contribution < -0.4 is 0 Å². The Balaban J connectivity index is 2.01. The highest BCUT2D eigenvalue weighted by atomic mass is 16.1. The third kappa shape index (κ3) is 1.67. The molecule has 0 N–H and O–H groups in total. The SMILES string of the molecule is O=C(c1ccccc1)C1(c2ccccc2)CCC1. The van der Waals surface area contributed by atoms with Crippen molar-refractivity contribution < 1.29 is 4.79 Å². The summed E-state index contributed by atoms with van der Waals surface area (Å²) in [4.78, 5) is 12.7. The highest BCUT2D eigenvalue weighted by molar-refractivity contribution is 6.04. The number of benzene rings is 2. The zero-order valence-corrected chi connectivity index (χ0v) is 10.3. The van der Waals surface area contributed by atoms with Crippen LogP contribution in [-0.4, -0.2) is 5.78 Å². The highest BCUT2D eigenvalue weighted by Gasteiger charge is 2.45. The lowest BCUT2D eigenvalue weighted by Crippen LogP contribution is -2.42. The number of rotatable bonds is 3. The third-order valence-corrected chi connectivity index (χ3v) is 4.00. The first kappa shape index (κ1) is 11.2. The molecule has 1 fully saturated rings. The van der Waals surface area contributed by atoms with Crippen LogP contribution in [0.5, 0.6) is 0 Å². The average Bonchev–Trinajstić information content (AvgIpc) is 2.40. The van der Waals surface area contributed by atoms with Gasteiger partial charge in [-0.1, -0.05) is 67.1 Å². The molecule has 2 aromatic rings. The molecule has 0 atom stereocenters. The van der Waals surface area contributed by atoms with Gasteiger partial charge in [0.05, 0.1) is 5.41 Å². The smallest absolute Gasteiger partial charge is 0.173 e. The van der Waals surface area contributed by atoms with Crippen molar-refractivity contribution in [3.63, 3.8) is 0 Å². The molecule has 2 aromatic carbocycles. The average molecular weight is 236 g/mol. The van der Waals surface area contributed by atoms with E-state index in [1.54, 1.807) is 0 Å². The monoisotopic (exact) mass is 236 g/mol. The first-order chi connectivity index (χ1) is 8.83. The molecule has 1 nitrogen and oxygen atoms in total. The summed E-state index contributed by atoms with van der Waals surface area (Å²) in [6.07, 6.45) is 3.10. The van der Waals surface area contributed by atoms with E-state index in [0.717, 1.165) is 24.8 Å². The Kier molecular flexibility index (Phi) is 2.75. The predicted octanol–water partition coefficient (Wildman–Crippen LogP) is 3.99. The first-order valence-corrected chi connectivity index (χ1v) is 6.48. The fraction of sp³-hybridized carbons (Fsp3) is 0.235. The molecule has 0 heterocycles. The molecule has 1 heteroatoms. The summed E-state index contributed by atoms with van der Waals surface area (Å²) in [5, 5.41) is 0. The molecule has 0 aliphatic heterocycles. The minimum atomic E-state index is -0.261. The van der Waals surface area contributed by atoms with Crippen LogP contribution in [0.3, 0.4) is 0 Å². The Bertz CT molecular complexity index is 538. The normalized spacial score (nSPS) is 16.9. The van der Waals surface area contributed by atoms with Crippen LogP contribution in [0.2, 0.25) is 0 Å². The van der Waals surface area contributed by atoms with Crippen molar-refractivity contribution in [2.45, 2.75) is 24.7 Å². The van der Waals surface area contributed by atoms with Crippen LogP contribution in [0.25, 0.3) is 0 Å². The van der Waals surface area contributed by atoms with Crippen molar-refractivity contribution in [1.82, 2.24) is 0 Å². The lowest BCUT2D eigenvalue weighted by atomic mass is 9.61.